The number of imidazole rings is 1. The van der Waals surface area contributed by atoms with E-state index in [0.717, 1.165) is 11.0 Å². The number of aliphatic hydroxyl groups is 2. The van der Waals surface area contributed by atoms with Crippen LogP contribution in [0.4, 0.5) is 0 Å². The van der Waals surface area contributed by atoms with Crippen LogP contribution in [0.3, 0.4) is 0 Å². The lowest BCUT2D eigenvalue weighted by Crippen LogP contribution is -2.13. The van der Waals surface area contributed by atoms with Crippen LogP contribution in [0, 0.1) is 0 Å². The average Bonchev–Trinajstić information content (AvgIpc) is 2.85. The molecule has 0 spiro atoms. The number of benzene rings is 1. The summed E-state index contributed by atoms with van der Waals surface area (Å²) >= 11 is 0. The summed E-state index contributed by atoms with van der Waals surface area (Å²) in [6, 6.07) is 7.80. The Labute approximate surface area is 123 Å². The van der Waals surface area contributed by atoms with Crippen LogP contribution in [0.2, 0.25) is 0 Å². The summed E-state index contributed by atoms with van der Waals surface area (Å²) in [7, 11) is 0. The fourth-order valence-electron chi connectivity index (χ4n) is 2.19. The quantitative estimate of drug-likeness (QED) is 0.678. The van der Waals surface area contributed by atoms with E-state index in [1.54, 1.807) is 6.92 Å². The van der Waals surface area contributed by atoms with Crippen molar-refractivity contribution in [2.24, 2.45) is 0 Å². The van der Waals surface area contributed by atoms with Crippen molar-refractivity contribution in [3.63, 3.8) is 0 Å². The first-order chi connectivity index (χ1) is 10.2. The summed E-state index contributed by atoms with van der Waals surface area (Å²) in [5.74, 6) is 0.649. The molecule has 21 heavy (non-hydrogen) atoms. The van der Waals surface area contributed by atoms with Crippen LogP contribution in [0.15, 0.2) is 24.3 Å². The molecule has 0 bridgehead atoms. The van der Waals surface area contributed by atoms with Gasteiger partial charge >= 0.3 is 0 Å². The zero-order valence-electron chi connectivity index (χ0n) is 12.2. The van der Waals surface area contributed by atoms with Gasteiger partial charge in [-0.15, -0.1) is 0 Å². The summed E-state index contributed by atoms with van der Waals surface area (Å²) in [5, 5.41) is 18.4. The van der Waals surface area contributed by atoms with Crippen LogP contribution in [-0.4, -0.2) is 52.8 Å². The number of aliphatic hydroxyl groups excluding tert-OH is 2. The van der Waals surface area contributed by atoms with Crippen molar-refractivity contribution in [3.8, 4) is 0 Å². The van der Waals surface area contributed by atoms with Gasteiger partial charge in [-0.3, -0.25) is 0 Å². The second-order valence-electron chi connectivity index (χ2n) is 4.73. The van der Waals surface area contributed by atoms with Gasteiger partial charge in [0.25, 0.3) is 0 Å². The Morgan fingerprint density at radius 1 is 1.14 bits per heavy atom. The van der Waals surface area contributed by atoms with E-state index in [1.165, 1.54) is 0 Å². The minimum Gasteiger partial charge on any atom is -0.394 e. The molecule has 0 aliphatic heterocycles. The molecular formula is C15H22N2O4. The molecule has 6 heteroatoms. The Balaban J connectivity index is 1.93. The van der Waals surface area contributed by atoms with Crippen LogP contribution < -0.4 is 0 Å². The summed E-state index contributed by atoms with van der Waals surface area (Å²) < 4.78 is 12.6. The predicted octanol–water partition coefficient (Wildman–Crippen LogP) is 1.12. The summed E-state index contributed by atoms with van der Waals surface area (Å²) in [6.45, 7) is 4.16. The lowest BCUT2D eigenvalue weighted by Gasteiger charge is -2.11. The zero-order valence-corrected chi connectivity index (χ0v) is 12.2. The number of rotatable bonds is 9. The second-order valence-corrected chi connectivity index (χ2v) is 4.73. The standard InChI is InChI=1S/C15H22N2O4/c1-12(19)15-16-13-4-2-3-5-14(13)17(15)6-8-20-10-11-21-9-7-18/h2-5,12,18-19H,6-11H2,1H3. The summed E-state index contributed by atoms with van der Waals surface area (Å²) in [4.78, 5) is 4.46. The number of nitrogens with zero attached hydrogens (tertiary/aromatic N) is 2. The van der Waals surface area contributed by atoms with Gasteiger partial charge in [0.05, 0.1) is 44.1 Å². The highest BCUT2D eigenvalue weighted by atomic mass is 16.5. The van der Waals surface area contributed by atoms with Crippen molar-refractivity contribution in [2.45, 2.75) is 19.6 Å². The largest absolute Gasteiger partial charge is 0.394 e. The smallest absolute Gasteiger partial charge is 0.138 e. The SMILES string of the molecule is CC(O)c1nc2ccccc2n1CCOCCOCCO. The van der Waals surface area contributed by atoms with Crippen LogP contribution in [0.1, 0.15) is 18.9 Å². The molecule has 2 aromatic rings. The highest BCUT2D eigenvalue weighted by molar-refractivity contribution is 5.75. The Morgan fingerprint density at radius 2 is 1.86 bits per heavy atom. The molecule has 116 valence electrons. The van der Waals surface area contributed by atoms with Crippen molar-refractivity contribution in [3.05, 3.63) is 30.1 Å². The molecule has 0 amide bonds. The first kappa shape index (κ1) is 15.9. The van der Waals surface area contributed by atoms with Gasteiger partial charge < -0.3 is 24.3 Å². The Morgan fingerprint density at radius 3 is 2.57 bits per heavy atom. The van der Waals surface area contributed by atoms with Crippen molar-refractivity contribution in [1.82, 2.24) is 9.55 Å². The minimum absolute atomic E-state index is 0.0266. The molecule has 1 aromatic heterocycles. The lowest BCUT2D eigenvalue weighted by atomic mass is 10.3. The maximum atomic E-state index is 9.84. The molecule has 1 unspecified atom stereocenters. The Hall–Kier alpha value is -1.47. The molecule has 1 atom stereocenters. The van der Waals surface area contributed by atoms with Crippen LogP contribution in [-0.2, 0) is 16.0 Å². The number of aromatic nitrogens is 2. The van der Waals surface area contributed by atoms with E-state index in [9.17, 15) is 5.11 Å². The van der Waals surface area contributed by atoms with E-state index in [4.69, 9.17) is 14.6 Å². The first-order valence-electron chi connectivity index (χ1n) is 7.13. The van der Waals surface area contributed by atoms with Gasteiger partial charge in [0, 0.05) is 6.54 Å². The topological polar surface area (TPSA) is 76.7 Å². The highest BCUT2D eigenvalue weighted by Crippen LogP contribution is 2.20. The number of hydrogen-bond acceptors (Lipinski definition) is 5. The molecule has 1 heterocycles. The van der Waals surface area contributed by atoms with E-state index in [2.05, 4.69) is 4.98 Å². The van der Waals surface area contributed by atoms with Crippen LogP contribution >= 0.6 is 0 Å². The minimum atomic E-state index is -0.620. The van der Waals surface area contributed by atoms with E-state index >= 15 is 0 Å². The van der Waals surface area contributed by atoms with E-state index < -0.39 is 6.10 Å². The fourth-order valence-corrected chi connectivity index (χ4v) is 2.19. The maximum absolute atomic E-state index is 9.84. The fraction of sp³-hybridized carbons (Fsp3) is 0.533. The molecule has 0 saturated carbocycles. The number of ether oxygens (including phenoxy) is 2. The molecule has 0 fully saturated rings. The van der Waals surface area contributed by atoms with Gasteiger partial charge in [0.2, 0.25) is 0 Å². The molecule has 0 aliphatic carbocycles. The molecule has 2 rings (SSSR count). The van der Waals surface area contributed by atoms with E-state index in [-0.39, 0.29) is 6.61 Å². The molecule has 0 aliphatic rings. The number of fused-ring (bicyclic) bond motifs is 1. The molecule has 0 saturated heterocycles. The van der Waals surface area contributed by atoms with Crippen molar-refractivity contribution >= 4 is 11.0 Å². The van der Waals surface area contributed by atoms with Crippen molar-refractivity contribution in [1.29, 1.82) is 0 Å². The third-order valence-corrected chi connectivity index (χ3v) is 3.12. The van der Waals surface area contributed by atoms with E-state index in [0.29, 0.717) is 38.8 Å². The van der Waals surface area contributed by atoms with Crippen LogP contribution in [0.5, 0.6) is 0 Å². The van der Waals surface area contributed by atoms with Gasteiger partial charge in [-0.05, 0) is 19.1 Å². The monoisotopic (exact) mass is 294 g/mol. The van der Waals surface area contributed by atoms with E-state index in [1.807, 2.05) is 28.8 Å². The van der Waals surface area contributed by atoms with Crippen molar-refractivity contribution in [2.75, 3.05) is 33.0 Å². The summed E-state index contributed by atoms with van der Waals surface area (Å²) in [5.41, 5.74) is 1.87. The average molecular weight is 294 g/mol. The van der Waals surface area contributed by atoms with Gasteiger partial charge in [-0.25, -0.2) is 4.98 Å². The maximum Gasteiger partial charge on any atom is 0.138 e. The molecular weight excluding hydrogens is 272 g/mol. The Bertz CT molecular complexity index is 554. The molecule has 2 N–H and O–H groups in total. The highest BCUT2D eigenvalue weighted by Gasteiger charge is 2.13. The number of para-hydroxylation sites is 2. The third-order valence-electron chi connectivity index (χ3n) is 3.12. The zero-order chi connectivity index (χ0) is 15.1. The van der Waals surface area contributed by atoms with Gasteiger partial charge in [0.1, 0.15) is 11.9 Å². The summed E-state index contributed by atoms with van der Waals surface area (Å²) in [6.07, 6.45) is -0.620. The van der Waals surface area contributed by atoms with Crippen LogP contribution in [0.25, 0.3) is 11.0 Å². The molecule has 0 radical (unpaired) electrons. The molecule has 6 nitrogen and oxygen atoms in total. The molecule has 1 aromatic carbocycles. The van der Waals surface area contributed by atoms with Gasteiger partial charge in [-0.1, -0.05) is 12.1 Å². The van der Waals surface area contributed by atoms with Crippen molar-refractivity contribution < 1.29 is 19.7 Å². The number of hydrogen-bond donors (Lipinski definition) is 2. The lowest BCUT2D eigenvalue weighted by molar-refractivity contribution is 0.0306. The Kier molecular flexibility index (Phi) is 6.13. The predicted molar refractivity (Wildman–Crippen MR) is 79.1 cm³/mol. The third kappa shape index (κ3) is 4.25. The van der Waals surface area contributed by atoms with Gasteiger partial charge in [0.15, 0.2) is 0 Å². The first-order valence-corrected chi connectivity index (χ1v) is 7.13. The van der Waals surface area contributed by atoms with Gasteiger partial charge in [-0.2, -0.15) is 0 Å². The normalized spacial score (nSPS) is 12.9. The second kappa shape index (κ2) is 8.09.